The van der Waals surface area contributed by atoms with E-state index in [2.05, 4.69) is 16.3 Å². The lowest BCUT2D eigenvalue weighted by molar-refractivity contribution is 0.0719. The number of nitrogens with zero attached hydrogens (tertiary/aromatic N) is 2. The molecule has 1 unspecified atom stereocenters. The molecule has 2 fully saturated rings. The third-order valence-electron chi connectivity index (χ3n) is 9.70. The molecule has 6 rings (SSSR count). The molecule has 2 saturated heterocycles. The van der Waals surface area contributed by atoms with E-state index >= 15 is 0 Å². The topological polar surface area (TPSA) is 52.7 Å². The van der Waals surface area contributed by atoms with Gasteiger partial charge in [0.1, 0.15) is 5.82 Å². The van der Waals surface area contributed by atoms with Gasteiger partial charge in [-0.3, -0.25) is 9.59 Å². The standard InChI is InChI=1S/C35H39ClFN3O2/c1-24-5-2-9-30(36)32(24)33(41)38-31-13-12-26-10-11-27(22-29(26)31)34(42)40-20-16-35(23-40)14-18-39(19-15-35)17-4-7-25-6-3-8-28(37)21-25/h2-3,5-6,8-11,21-22,31H,4,7,12-20,23H2,1H3,(H,38,41). The van der Waals surface area contributed by atoms with Crippen molar-refractivity contribution in [2.45, 2.75) is 57.9 Å². The normalized spacial score (nSPS) is 19.7. The second kappa shape index (κ2) is 12.2. The number of amides is 2. The number of fused-ring (bicyclic) bond motifs is 1. The first-order valence-electron chi connectivity index (χ1n) is 15.3. The van der Waals surface area contributed by atoms with Crippen molar-refractivity contribution < 1.29 is 14.0 Å². The molecule has 42 heavy (non-hydrogen) atoms. The molecule has 5 nitrogen and oxygen atoms in total. The van der Waals surface area contributed by atoms with E-state index in [0.29, 0.717) is 16.1 Å². The predicted octanol–water partition coefficient (Wildman–Crippen LogP) is 6.77. The summed E-state index contributed by atoms with van der Waals surface area (Å²) in [7, 11) is 0. The van der Waals surface area contributed by atoms with Crippen molar-refractivity contribution in [2.75, 3.05) is 32.7 Å². The lowest BCUT2D eigenvalue weighted by atomic mass is 9.77. The van der Waals surface area contributed by atoms with Crippen molar-refractivity contribution in [3.63, 3.8) is 0 Å². The minimum Gasteiger partial charge on any atom is -0.345 e. The van der Waals surface area contributed by atoms with E-state index in [1.165, 1.54) is 11.6 Å². The number of piperidine rings is 1. The Morgan fingerprint density at radius 2 is 1.81 bits per heavy atom. The van der Waals surface area contributed by atoms with E-state index in [1.807, 2.05) is 42.2 Å². The number of hydrogen-bond donors (Lipinski definition) is 1. The van der Waals surface area contributed by atoms with E-state index < -0.39 is 0 Å². The van der Waals surface area contributed by atoms with Crippen LogP contribution < -0.4 is 5.32 Å². The molecule has 220 valence electrons. The van der Waals surface area contributed by atoms with E-state index in [1.54, 1.807) is 18.2 Å². The second-order valence-electron chi connectivity index (χ2n) is 12.5. The third-order valence-corrected chi connectivity index (χ3v) is 10.0. The van der Waals surface area contributed by atoms with Crippen LogP contribution in [0, 0.1) is 18.2 Å². The van der Waals surface area contributed by atoms with E-state index in [9.17, 15) is 14.0 Å². The molecule has 0 bridgehead atoms. The van der Waals surface area contributed by atoms with Crippen LogP contribution in [0.5, 0.6) is 0 Å². The molecule has 2 aliphatic heterocycles. The Kier molecular flexibility index (Phi) is 8.37. The number of carbonyl (C=O) groups is 2. The van der Waals surface area contributed by atoms with Crippen LogP contribution in [0.4, 0.5) is 4.39 Å². The van der Waals surface area contributed by atoms with Gasteiger partial charge in [-0.05, 0) is 130 Å². The maximum absolute atomic E-state index is 13.7. The number of likely N-dealkylation sites (tertiary alicyclic amines) is 2. The van der Waals surface area contributed by atoms with Crippen molar-refractivity contribution >= 4 is 23.4 Å². The van der Waals surface area contributed by atoms with Gasteiger partial charge < -0.3 is 15.1 Å². The highest BCUT2D eigenvalue weighted by Crippen LogP contribution is 2.41. The maximum Gasteiger partial charge on any atom is 0.253 e. The van der Waals surface area contributed by atoms with Crippen LogP contribution in [-0.2, 0) is 12.8 Å². The molecule has 1 N–H and O–H groups in total. The SMILES string of the molecule is Cc1cccc(Cl)c1C(=O)NC1CCc2ccc(C(=O)N3CCC4(CCN(CCCc5cccc(F)c5)CC4)C3)cc21. The molecule has 3 aromatic rings. The molecule has 3 aromatic carbocycles. The Balaban J connectivity index is 1.04. The quantitative estimate of drug-likeness (QED) is 0.332. The zero-order valence-electron chi connectivity index (χ0n) is 24.3. The van der Waals surface area contributed by atoms with Gasteiger partial charge in [0.2, 0.25) is 0 Å². The fraction of sp³-hybridized carbons (Fsp3) is 0.429. The second-order valence-corrected chi connectivity index (χ2v) is 12.9. The number of halogens is 2. The van der Waals surface area contributed by atoms with Crippen LogP contribution in [0.15, 0.2) is 60.7 Å². The molecule has 2 heterocycles. The van der Waals surface area contributed by atoms with Gasteiger partial charge in [0, 0.05) is 18.7 Å². The number of hydrogen-bond acceptors (Lipinski definition) is 3. The van der Waals surface area contributed by atoms with E-state index in [4.69, 9.17) is 11.6 Å². The molecule has 3 aliphatic rings. The minimum atomic E-state index is -0.172. The molecular formula is C35H39ClFN3O2. The first kappa shape index (κ1) is 28.9. The number of rotatable bonds is 7. The number of carbonyl (C=O) groups excluding carboxylic acids is 2. The predicted molar refractivity (Wildman–Crippen MR) is 165 cm³/mol. The Labute approximate surface area is 253 Å². The molecule has 7 heteroatoms. The molecule has 0 radical (unpaired) electrons. The van der Waals surface area contributed by atoms with Crippen molar-refractivity contribution in [2.24, 2.45) is 5.41 Å². The highest BCUT2D eigenvalue weighted by molar-refractivity contribution is 6.34. The Bertz CT molecular complexity index is 1460. The minimum absolute atomic E-state index is 0.0890. The van der Waals surface area contributed by atoms with Gasteiger partial charge in [-0.2, -0.15) is 0 Å². The highest BCUT2D eigenvalue weighted by atomic mass is 35.5. The van der Waals surface area contributed by atoms with Gasteiger partial charge in [-0.1, -0.05) is 41.9 Å². The Morgan fingerprint density at radius 3 is 2.60 bits per heavy atom. The van der Waals surface area contributed by atoms with Gasteiger partial charge >= 0.3 is 0 Å². The summed E-state index contributed by atoms with van der Waals surface area (Å²) < 4.78 is 13.5. The summed E-state index contributed by atoms with van der Waals surface area (Å²) in [5.41, 5.74) is 5.56. The Hall–Kier alpha value is -3.22. The lowest BCUT2D eigenvalue weighted by Crippen LogP contribution is -2.42. The number of benzene rings is 3. The molecular weight excluding hydrogens is 549 g/mol. The average Bonchev–Trinajstić information content (AvgIpc) is 3.58. The summed E-state index contributed by atoms with van der Waals surface area (Å²) >= 11 is 6.34. The van der Waals surface area contributed by atoms with Crippen LogP contribution in [0.3, 0.4) is 0 Å². The molecule has 1 spiro atoms. The van der Waals surface area contributed by atoms with Crippen molar-refractivity contribution in [3.8, 4) is 0 Å². The van der Waals surface area contributed by atoms with Crippen molar-refractivity contribution in [3.05, 3.63) is 105 Å². The van der Waals surface area contributed by atoms with Gasteiger partial charge in [0.25, 0.3) is 11.8 Å². The monoisotopic (exact) mass is 587 g/mol. The lowest BCUT2D eigenvalue weighted by Gasteiger charge is -2.39. The number of nitrogens with one attached hydrogen (secondary N) is 1. The summed E-state index contributed by atoms with van der Waals surface area (Å²) in [6.45, 7) is 6.63. The fourth-order valence-electron chi connectivity index (χ4n) is 7.18. The molecule has 0 aromatic heterocycles. The summed E-state index contributed by atoms with van der Waals surface area (Å²) in [5, 5.41) is 3.63. The van der Waals surface area contributed by atoms with E-state index in [0.717, 1.165) is 94.4 Å². The third kappa shape index (κ3) is 6.11. The largest absolute Gasteiger partial charge is 0.345 e. The highest BCUT2D eigenvalue weighted by Gasteiger charge is 2.42. The zero-order chi connectivity index (χ0) is 29.3. The van der Waals surface area contributed by atoms with Gasteiger partial charge in [-0.15, -0.1) is 0 Å². The number of aryl methyl sites for hydroxylation is 3. The Morgan fingerprint density at radius 1 is 1.02 bits per heavy atom. The summed E-state index contributed by atoms with van der Waals surface area (Å²) in [6.07, 6.45) is 6.88. The first-order chi connectivity index (χ1) is 20.3. The van der Waals surface area contributed by atoms with E-state index in [-0.39, 0.29) is 29.1 Å². The summed E-state index contributed by atoms with van der Waals surface area (Å²) in [5.74, 6) is -0.247. The first-order valence-corrected chi connectivity index (χ1v) is 15.6. The van der Waals surface area contributed by atoms with Gasteiger partial charge in [0.15, 0.2) is 0 Å². The fourth-order valence-corrected chi connectivity index (χ4v) is 7.49. The maximum atomic E-state index is 13.7. The summed E-state index contributed by atoms with van der Waals surface area (Å²) in [4.78, 5) is 31.3. The van der Waals surface area contributed by atoms with Gasteiger partial charge in [-0.25, -0.2) is 4.39 Å². The van der Waals surface area contributed by atoms with Crippen LogP contribution in [0.25, 0.3) is 0 Å². The average molecular weight is 588 g/mol. The van der Waals surface area contributed by atoms with Crippen LogP contribution in [0.1, 0.15) is 81.1 Å². The zero-order valence-corrected chi connectivity index (χ0v) is 25.1. The van der Waals surface area contributed by atoms with Crippen molar-refractivity contribution in [1.29, 1.82) is 0 Å². The van der Waals surface area contributed by atoms with Crippen molar-refractivity contribution in [1.82, 2.24) is 15.1 Å². The molecule has 0 saturated carbocycles. The summed E-state index contributed by atoms with van der Waals surface area (Å²) in [6, 6.07) is 18.3. The van der Waals surface area contributed by atoms with Gasteiger partial charge in [0.05, 0.1) is 16.6 Å². The van der Waals surface area contributed by atoms with Crippen LogP contribution in [-0.4, -0.2) is 54.3 Å². The van der Waals surface area contributed by atoms with Crippen LogP contribution in [0.2, 0.25) is 5.02 Å². The van der Waals surface area contributed by atoms with Crippen LogP contribution >= 0.6 is 11.6 Å². The molecule has 2 amide bonds. The smallest absolute Gasteiger partial charge is 0.253 e. The molecule has 1 aliphatic carbocycles. The molecule has 1 atom stereocenters.